The van der Waals surface area contributed by atoms with Gasteiger partial charge in [0.1, 0.15) is 6.61 Å². The van der Waals surface area contributed by atoms with Gasteiger partial charge in [0, 0.05) is 17.1 Å². The van der Waals surface area contributed by atoms with Crippen LogP contribution in [-0.4, -0.2) is 17.6 Å². The Labute approximate surface area is 93.7 Å². The molecule has 1 aromatic carbocycles. The van der Waals surface area contributed by atoms with Gasteiger partial charge in [-0.1, -0.05) is 30.9 Å². The molecule has 1 N–H and O–H groups in total. The van der Waals surface area contributed by atoms with Crippen molar-refractivity contribution in [2.45, 2.75) is 6.42 Å². The largest absolute Gasteiger partial charge is 0.461 e. The van der Waals surface area contributed by atoms with Gasteiger partial charge in [0.2, 0.25) is 0 Å². The molecule has 0 amide bonds. The summed E-state index contributed by atoms with van der Waals surface area (Å²) in [5.74, 6) is -0.232. The third kappa shape index (κ3) is 2.14. The van der Waals surface area contributed by atoms with E-state index in [1.807, 2.05) is 30.5 Å². The second-order valence-electron chi connectivity index (χ2n) is 3.51. The van der Waals surface area contributed by atoms with Crippen LogP contribution in [0.2, 0.25) is 0 Å². The van der Waals surface area contributed by atoms with Gasteiger partial charge in [0.25, 0.3) is 0 Å². The second kappa shape index (κ2) is 4.66. The van der Waals surface area contributed by atoms with Crippen molar-refractivity contribution < 1.29 is 9.53 Å². The number of hydrogen-bond acceptors (Lipinski definition) is 2. The first-order chi connectivity index (χ1) is 7.81. The van der Waals surface area contributed by atoms with Gasteiger partial charge in [-0.3, -0.25) is 4.79 Å². The number of aromatic nitrogens is 1. The van der Waals surface area contributed by atoms with Crippen LogP contribution in [0.15, 0.2) is 43.1 Å². The highest BCUT2D eigenvalue weighted by molar-refractivity contribution is 5.87. The number of H-pyrrole nitrogens is 1. The standard InChI is InChI=1S/C13H13NO2/c1-2-7-16-13(15)8-10-9-14-12-6-4-3-5-11(10)12/h2-6,9,14H,1,7-8H2. The zero-order valence-electron chi connectivity index (χ0n) is 8.90. The maximum atomic E-state index is 11.4. The van der Waals surface area contributed by atoms with E-state index in [0.29, 0.717) is 0 Å². The molecule has 0 unspecified atom stereocenters. The van der Waals surface area contributed by atoms with E-state index < -0.39 is 0 Å². The Balaban J connectivity index is 2.15. The lowest BCUT2D eigenvalue weighted by molar-refractivity contribution is -0.141. The van der Waals surface area contributed by atoms with Crippen molar-refractivity contribution in [2.75, 3.05) is 6.61 Å². The monoisotopic (exact) mass is 215 g/mol. The molecule has 0 saturated carbocycles. The van der Waals surface area contributed by atoms with E-state index in [9.17, 15) is 4.79 Å². The van der Waals surface area contributed by atoms with E-state index in [1.165, 1.54) is 0 Å². The van der Waals surface area contributed by atoms with Gasteiger partial charge < -0.3 is 9.72 Å². The van der Waals surface area contributed by atoms with Crippen LogP contribution in [-0.2, 0) is 16.0 Å². The second-order valence-corrected chi connectivity index (χ2v) is 3.51. The van der Waals surface area contributed by atoms with Crippen molar-refractivity contribution in [1.82, 2.24) is 4.98 Å². The molecule has 1 aromatic heterocycles. The van der Waals surface area contributed by atoms with Gasteiger partial charge >= 0.3 is 5.97 Å². The third-order valence-electron chi connectivity index (χ3n) is 2.37. The van der Waals surface area contributed by atoms with Crippen LogP contribution in [0.5, 0.6) is 0 Å². The number of carbonyl (C=O) groups is 1. The molecule has 0 spiro atoms. The minimum absolute atomic E-state index is 0.232. The van der Waals surface area contributed by atoms with Crippen LogP contribution in [0.3, 0.4) is 0 Å². The molecule has 0 aliphatic heterocycles. The van der Waals surface area contributed by atoms with Crippen LogP contribution in [0.25, 0.3) is 10.9 Å². The fourth-order valence-electron chi connectivity index (χ4n) is 1.64. The number of hydrogen-bond donors (Lipinski definition) is 1. The summed E-state index contributed by atoms with van der Waals surface area (Å²) in [6.07, 6.45) is 3.70. The summed E-state index contributed by atoms with van der Waals surface area (Å²) in [7, 11) is 0. The molecule has 0 bridgehead atoms. The van der Waals surface area contributed by atoms with E-state index in [-0.39, 0.29) is 19.0 Å². The SMILES string of the molecule is C=CCOC(=O)Cc1c[nH]c2ccccc12. The van der Waals surface area contributed by atoms with Crippen LogP contribution in [0.1, 0.15) is 5.56 Å². The predicted molar refractivity (Wildman–Crippen MR) is 63.2 cm³/mol. The minimum Gasteiger partial charge on any atom is -0.461 e. The molecule has 0 radical (unpaired) electrons. The maximum absolute atomic E-state index is 11.4. The average Bonchev–Trinajstić information content (AvgIpc) is 2.70. The molecule has 0 saturated heterocycles. The summed E-state index contributed by atoms with van der Waals surface area (Å²) in [6, 6.07) is 7.88. The summed E-state index contributed by atoms with van der Waals surface area (Å²) in [6.45, 7) is 3.76. The lowest BCUT2D eigenvalue weighted by Gasteiger charge is -2.00. The van der Waals surface area contributed by atoms with Gasteiger partial charge in [0.05, 0.1) is 6.42 Å². The number of nitrogens with one attached hydrogen (secondary N) is 1. The highest BCUT2D eigenvalue weighted by Gasteiger charge is 2.08. The van der Waals surface area contributed by atoms with Gasteiger partial charge in [0.15, 0.2) is 0 Å². The van der Waals surface area contributed by atoms with Crippen molar-refractivity contribution in [3.05, 3.63) is 48.7 Å². The Bertz CT molecular complexity index is 513. The Kier molecular flexibility index (Phi) is 3.05. The Morgan fingerprint density at radius 3 is 3.06 bits per heavy atom. The number of para-hydroxylation sites is 1. The van der Waals surface area contributed by atoms with Crippen molar-refractivity contribution in [3.63, 3.8) is 0 Å². The van der Waals surface area contributed by atoms with E-state index in [2.05, 4.69) is 11.6 Å². The molecule has 3 heteroatoms. The molecular weight excluding hydrogens is 202 g/mol. The van der Waals surface area contributed by atoms with E-state index in [4.69, 9.17) is 4.74 Å². The molecular formula is C13H13NO2. The topological polar surface area (TPSA) is 42.1 Å². The number of benzene rings is 1. The van der Waals surface area contributed by atoms with Crippen LogP contribution in [0.4, 0.5) is 0 Å². The van der Waals surface area contributed by atoms with Crippen molar-refractivity contribution in [1.29, 1.82) is 0 Å². The molecule has 82 valence electrons. The minimum atomic E-state index is -0.232. The molecule has 0 aliphatic carbocycles. The molecule has 1 heterocycles. The lowest BCUT2D eigenvalue weighted by Crippen LogP contribution is -2.07. The van der Waals surface area contributed by atoms with Gasteiger partial charge in [-0.05, 0) is 11.6 Å². The summed E-state index contributed by atoms with van der Waals surface area (Å²) in [4.78, 5) is 14.6. The molecule has 0 aliphatic rings. The number of fused-ring (bicyclic) bond motifs is 1. The summed E-state index contributed by atoms with van der Waals surface area (Å²) in [5, 5.41) is 1.07. The maximum Gasteiger partial charge on any atom is 0.310 e. The Morgan fingerprint density at radius 2 is 2.25 bits per heavy atom. The van der Waals surface area contributed by atoms with E-state index in [1.54, 1.807) is 6.08 Å². The summed E-state index contributed by atoms with van der Waals surface area (Å²) < 4.78 is 4.94. The Hall–Kier alpha value is -2.03. The van der Waals surface area contributed by atoms with Crippen molar-refractivity contribution in [2.24, 2.45) is 0 Å². The molecule has 2 rings (SSSR count). The smallest absolute Gasteiger partial charge is 0.310 e. The third-order valence-corrected chi connectivity index (χ3v) is 2.37. The van der Waals surface area contributed by atoms with Crippen molar-refractivity contribution >= 4 is 16.9 Å². The number of aromatic amines is 1. The van der Waals surface area contributed by atoms with Gasteiger partial charge in [-0.15, -0.1) is 0 Å². The van der Waals surface area contributed by atoms with Crippen LogP contribution >= 0.6 is 0 Å². The van der Waals surface area contributed by atoms with E-state index in [0.717, 1.165) is 16.5 Å². The first-order valence-corrected chi connectivity index (χ1v) is 5.13. The molecule has 16 heavy (non-hydrogen) atoms. The van der Waals surface area contributed by atoms with Crippen LogP contribution < -0.4 is 0 Å². The predicted octanol–water partition coefficient (Wildman–Crippen LogP) is 2.44. The average molecular weight is 215 g/mol. The molecule has 0 fully saturated rings. The number of carbonyl (C=O) groups excluding carboxylic acids is 1. The Morgan fingerprint density at radius 1 is 1.44 bits per heavy atom. The summed E-state index contributed by atoms with van der Waals surface area (Å²) >= 11 is 0. The van der Waals surface area contributed by atoms with E-state index >= 15 is 0 Å². The zero-order valence-corrected chi connectivity index (χ0v) is 8.90. The summed E-state index contributed by atoms with van der Waals surface area (Å²) in [5.41, 5.74) is 2.00. The normalized spacial score (nSPS) is 10.2. The van der Waals surface area contributed by atoms with Gasteiger partial charge in [-0.25, -0.2) is 0 Å². The fraction of sp³-hybridized carbons (Fsp3) is 0.154. The number of esters is 1. The van der Waals surface area contributed by atoms with Crippen molar-refractivity contribution in [3.8, 4) is 0 Å². The highest BCUT2D eigenvalue weighted by atomic mass is 16.5. The lowest BCUT2D eigenvalue weighted by atomic mass is 10.1. The zero-order chi connectivity index (χ0) is 11.4. The quantitative estimate of drug-likeness (QED) is 0.628. The van der Waals surface area contributed by atoms with Crippen LogP contribution in [0, 0.1) is 0 Å². The highest BCUT2D eigenvalue weighted by Crippen LogP contribution is 2.18. The number of rotatable bonds is 4. The van der Waals surface area contributed by atoms with Gasteiger partial charge in [-0.2, -0.15) is 0 Å². The number of ether oxygens (including phenoxy) is 1. The first-order valence-electron chi connectivity index (χ1n) is 5.13. The molecule has 3 nitrogen and oxygen atoms in total. The molecule has 2 aromatic rings. The fourth-order valence-corrected chi connectivity index (χ4v) is 1.64. The first kappa shape index (κ1) is 10.5. The molecule has 0 atom stereocenters.